The smallest absolute Gasteiger partial charge is 0.0843 e. The standard InChI is InChI=1S/C8H7Br2Cl/c1-8(9,10)6-3-2-4-7(11)5-6/h2-5H,1H3. The Morgan fingerprint density at radius 3 is 2.36 bits per heavy atom. The first kappa shape index (κ1) is 9.56. The molecule has 0 N–H and O–H groups in total. The summed E-state index contributed by atoms with van der Waals surface area (Å²) in [5.74, 6) is 0. The molecule has 0 aliphatic rings. The van der Waals surface area contributed by atoms with Gasteiger partial charge < -0.3 is 0 Å². The normalized spacial score (nSPS) is 11.6. The lowest BCUT2D eigenvalue weighted by atomic mass is 10.2. The molecule has 0 saturated heterocycles. The van der Waals surface area contributed by atoms with E-state index in [4.69, 9.17) is 11.6 Å². The largest absolute Gasteiger partial charge is 0.103 e. The highest BCUT2D eigenvalue weighted by Gasteiger charge is 2.17. The highest BCUT2D eigenvalue weighted by molar-refractivity contribution is 9.24. The van der Waals surface area contributed by atoms with Crippen LogP contribution in [0.3, 0.4) is 0 Å². The van der Waals surface area contributed by atoms with Crippen molar-refractivity contribution in [2.24, 2.45) is 0 Å². The Hall–Kier alpha value is 0.470. The summed E-state index contributed by atoms with van der Waals surface area (Å²) in [4.78, 5) is 0. The lowest BCUT2D eigenvalue weighted by Crippen LogP contribution is -2.00. The van der Waals surface area contributed by atoms with Gasteiger partial charge in [0.05, 0.1) is 0 Å². The first-order valence-electron chi connectivity index (χ1n) is 3.14. The average molecular weight is 298 g/mol. The van der Waals surface area contributed by atoms with E-state index in [9.17, 15) is 0 Å². The van der Waals surface area contributed by atoms with Crippen molar-refractivity contribution in [1.29, 1.82) is 0 Å². The summed E-state index contributed by atoms with van der Waals surface area (Å²) in [6.07, 6.45) is 0. The van der Waals surface area contributed by atoms with Gasteiger partial charge >= 0.3 is 0 Å². The van der Waals surface area contributed by atoms with E-state index >= 15 is 0 Å². The fourth-order valence-corrected chi connectivity index (χ4v) is 1.45. The van der Waals surface area contributed by atoms with Crippen molar-refractivity contribution in [3.8, 4) is 0 Å². The summed E-state index contributed by atoms with van der Waals surface area (Å²) in [6, 6.07) is 7.72. The first-order valence-corrected chi connectivity index (χ1v) is 5.10. The van der Waals surface area contributed by atoms with Crippen molar-refractivity contribution in [1.82, 2.24) is 0 Å². The molecule has 0 aromatic heterocycles. The zero-order chi connectivity index (χ0) is 8.48. The highest BCUT2D eigenvalue weighted by Crippen LogP contribution is 2.37. The second kappa shape index (κ2) is 3.46. The molecule has 1 rings (SSSR count). The van der Waals surface area contributed by atoms with E-state index in [1.807, 2.05) is 31.2 Å². The number of benzene rings is 1. The Kier molecular flexibility index (Phi) is 3.01. The summed E-state index contributed by atoms with van der Waals surface area (Å²) in [6.45, 7) is 2.01. The van der Waals surface area contributed by atoms with Gasteiger partial charge in [-0.2, -0.15) is 0 Å². The molecule has 60 valence electrons. The number of alkyl halides is 2. The molecule has 0 nitrogen and oxygen atoms in total. The van der Waals surface area contributed by atoms with Crippen molar-refractivity contribution < 1.29 is 0 Å². The summed E-state index contributed by atoms with van der Waals surface area (Å²) in [7, 11) is 0. The van der Waals surface area contributed by atoms with Gasteiger partial charge in [0.15, 0.2) is 0 Å². The van der Waals surface area contributed by atoms with Crippen LogP contribution in [0.4, 0.5) is 0 Å². The molecule has 1 aromatic rings. The van der Waals surface area contributed by atoms with E-state index in [1.165, 1.54) is 0 Å². The van der Waals surface area contributed by atoms with Gasteiger partial charge in [-0.15, -0.1) is 0 Å². The molecule has 0 atom stereocenters. The van der Waals surface area contributed by atoms with E-state index in [2.05, 4.69) is 31.9 Å². The topological polar surface area (TPSA) is 0 Å². The number of hydrogen-bond donors (Lipinski definition) is 0. The Morgan fingerprint density at radius 1 is 1.36 bits per heavy atom. The van der Waals surface area contributed by atoms with Crippen LogP contribution in [0, 0.1) is 0 Å². The third kappa shape index (κ3) is 2.77. The van der Waals surface area contributed by atoms with Crippen LogP contribution in [0.2, 0.25) is 5.02 Å². The number of rotatable bonds is 1. The molecular weight excluding hydrogens is 291 g/mol. The molecule has 3 heteroatoms. The minimum Gasteiger partial charge on any atom is -0.0843 e. The van der Waals surface area contributed by atoms with Gasteiger partial charge in [0.2, 0.25) is 0 Å². The molecule has 11 heavy (non-hydrogen) atoms. The third-order valence-electron chi connectivity index (χ3n) is 1.33. The van der Waals surface area contributed by atoms with Crippen molar-refractivity contribution in [3.63, 3.8) is 0 Å². The monoisotopic (exact) mass is 296 g/mol. The molecular formula is C8H7Br2Cl. The van der Waals surface area contributed by atoms with E-state index in [0.29, 0.717) is 0 Å². The number of halogens is 3. The summed E-state index contributed by atoms with van der Waals surface area (Å²) >= 11 is 12.8. The van der Waals surface area contributed by atoms with Crippen molar-refractivity contribution in [2.75, 3.05) is 0 Å². The van der Waals surface area contributed by atoms with Crippen LogP contribution in [-0.2, 0) is 3.23 Å². The molecule has 0 aliphatic heterocycles. The Bertz CT molecular complexity index is 253. The Labute approximate surface area is 88.2 Å². The summed E-state index contributed by atoms with van der Waals surface area (Å²) in [5, 5.41) is 0.757. The predicted octanol–water partition coefficient (Wildman–Crippen LogP) is 4.30. The maximum Gasteiger partial charge on any atom is 0.103 e. The molecule has 0 unspecified atom stereocenters. The first-order chi connectivity index (χ1) is 5.00. The fourth-order valence-electron chi connectivity index (χ4n) is 0.762. The lowest BCUT2D eigenvalue weighted by molar-refractivity contribution is 1.06. The van der Waals surface area contributed by atoms with Gasteiger partial charge in [0, 0.05) is 5.02 Å². The van der Waals surface area contributed by atoms with Crippen molar-refractivity contribution in [3.05, 3.63) is 34.9 Å². The Morgan fingerprint density at radius 2 is 2.00 bits per heavy atom. The molecule has 0 fully saturated rings. The molecule has 0 saturated carbocycles. The van der Waals surface area contributed by atoms with Crippen LogP contribution in [-0.4, -0.2) is 0 Å². The van der Waals surface area contributed by atoms with Gasteiger partial charge in [-0.1, -0.05) is 55.6 Å². The van der Waals surface area contributed by atoms with E-state index in [1.54, 1.807) is 0 Å². The van der Waals surface area contributed by atoms with Crippen LogP contribution in [0.25, 0.3) is 0 Å². The zero-order valence-electron chi connectivity index (χ0n) is 5.94. The number of hydrogen-bond acceptors (Lipinski definition) is 0. The summed E-state index contributed by atoms with van der Waals surface area (Å²) in [5.41, 5.74) is 1.12. The minimum atomic E-state index is -0.176. The molecule has 0 spiro atoms. The van der Waals surface area contributed by atoms with Gasteiger partial charge in [0.25, 0.3) is 0 Å². The van der Waals surface area contributed by atoms with Gasteiger partial charge in [-0.25, -0.2) is 0 Å². The molecule has 0 heterocycles. The van der Waals surface area contributed by atoms with Crippen molar-refractivity contribution >= 4 is 43.5 Å². The molecule has 1 aromatic carbocycles. The van der Waals surface area contributed by atoms with Gasteiger partial charge in [0.1, 0.15) is 3.23 Å². The fraction of sp³-hybridized carbons (Fsp3) is 0.250. The van der Waals surface area contributed by atoms with Gasteiger partial charge in [-0.3, -0.25) is 0 Å². The molecule has 0 bridgehead atoms. The highest BCUT2D eigenvalue weighted by atomic mass is 79.9. The Balaban J connectivity index is 3.06. The van der Waals surface area contributed by atoms with E-state index < -0.39 is 0 Å². The second-order valence-electron chi connectivity index (χ2n) is 2.40. The quantitative estimate of drug-likeness (QED) is 0.678. The molecule has 0 aliphatic carbocycles. The van der Waals surface area contributed by atoms with Crippen LogP contribution in [0.1, 0.15) is 12.5 Å². The predicted molar refractivity (Wildman–Crippen MR) is 56.7 cm³/mol. The van der Waals surface area contributed by atoms with E-state index in [0.717, 1.165) is 10.6 Å². The van der Waals surface area contributed by atoms with Gasteiger partial charge in [-0.05, 0) is 24.6 Å². The third-order valence-corrected chi connectivity index (χ3v) is 2.48. The summed E-state index contributed by atoms with van der Waals surface area (Å²) < 4.78 is -0.176. The lowest BCUT2D eigenvalue weighted by Gasteiger charge is -2.14. The van der Waals surface area contributed by atoms with Crippen LogP contribution in [0.5, 0.6) is 0 Å². The van der Waals surface area contributed by atoms with Crippen molar-refractivity contribution in [2.45, 2.75) is 10.2 Å². The minimum absolute atomic E-state index is 0.176. The molecule has 0 radical (unpaired) electrons. The molecule has 0 amide bonds. The maximum atomic E-state index is 5.81. The van der Waals surface area contributed by atoms with E-state index in [-0.39, 0.29) is 3.23 Å². The second-order valence-corrected chi connectivity index (χ2v) is 7.07. The average Bonchev–Trinajstić information content (AvgIpc) is 1.86. The maximum absolute atomic E-state index is 5.81. The van der Waals surface area contributed by atoms with Crippen LogP contribution >= 0.6 is 43.5 Å². The zero-order valence-corrected chi connectivity index (χ0v) is 9.87. The van der Waals surface area contributed by atoms with Crippen LogP contribution in [0.15, 0.2) is 24.3 Å². The van der Waals surface area contributed by atoms with Crippen LogP contribution < -0.4 is 0 Å². The SMILES string of the molecule is CC(Br)(Br)c1cccc(Cl)c1.